The van der Waals surface area contributed by atoms with Crippen LogP contribution in [0.4, 0.5) is 11.4 Å². The smallest absolute Gasteiger partial charge is 0.262 e. The summed E-state index contributed by atoms with van der Waals surface area (Å²) >= 11 is 0. The van der Waals surface area contributed by atoms with E-state index in [9.17, 15) is 9.59 Å². The van der Waals surface area contributed by atoms with Crippen molar-refractivity contribution >= 4 is 23.2 Å². The summed E-state index contributed by atoms with van der Waals surface area (Å²) in [4.78, 5) is 26.4. The molecule has 0 aliphatic carbocycles. The predicted octanol–water partition coefficient (Wildman–Crippen LogP) is 3.39. The minimum atomic E-state index is -0.612. The summed E-state index contributed by atoms with van der Waals surface area (Å²) in [6, 6.07) is 12.8. The summed E-state index contributed by atoms with van der Waals surface area (Å²) in [5.41, 5.74) is 1.66. The molecule has 1 N–H and O–H groups in total. The number of hydrogen-bond acceptors (Lipinski definition) is 4. The van der Waals surface area contributed by atoms with Crippen LogP contribution < -0.4 is 19.7 Å². The van der Waals surface area contributed by atoms with Crippen molar-refractivity contribution in [3.05, 3.63) is 48.0 Å². The van der Waals surface area contributed by atoms with Gasteiger partial charge in [-0.15, -0.1) is 0 Å². The first-order valence-corrected chi connectivity index (χ1v) is 8.80. The van der Waals surface area contributed by atoms with Crippen LogP contribution in [0.3, 0.4) is 0 Å². The molecule has 6 nitrogen and oxygen atoms in total. The number of nitrogens with zero attached hydrogens (tertiary/aromatic N) is 1. The van der Waals surface area contributed by atoms with Crippen molar-refractivity contribution in [2.24, 2.45) is 5.41 Å². The molecule has 1 heterocycles. The molecule has 1 aliphatic rings. The largest absolute Gasteiger partial charge is 0.490 e. The molecule has 2 amide bonds. The molecule has 0 atom stereocenters. The molecule has 0 aromatic heterocycles. The molecule has 142 valence electrons. The third-order valence-corrected chi connectivity index (χ3v) is 4.44. The molecule has 0 saturated carbocycles. The van der Waals surface area contributed by atoms with E-state index in [4.69, 9.17) is 9.47 Å². The Balaban J connectivity index is 1.69. The van der Waals surface area contributed by atoms with Gasteiger partial charge in [-0.3, -0.25) is 9.59 Å². The Bertz CT molecular complexity index is 876. The van der Waals surface area contributed by atoms with E-state index in [2.05, 4.69) is 5.32 Å². The highest BCUT2D eigenvalue weighted by Gasteiger charge is 2.36. The molecule has 3 rings (SSSR count). The zero-order valence-corrected chi connectivity index (χ0v) is 16.0. The van der Waals surface area contributed by atoms with E-state index < -0.39 is 5.41 Å². The van der Waals surface area contributed by atoms with Crippen molar-refractivity contribution in [3.8, 4) is 11.5 Å². The van der Waals surface area contributed by atoms with E-state index in [1.54, 1.807) is 30.1 Å². The second-order valence-corrected chi connectivity index (χ2v) is 7.37. The van der Waals surface area contributed by atoms with Crippen LogP contribution in [0, 0.1) is 12.3 Å². The fraction of sp³-hybridized carbons (Fsp3) is 0.333. The van der Waals surface area contributed by atoms with Gasteiger partial charge in [0.1, 0.15) is 18.1 Å². The molecule has 2 aromatic carbocycles. The maximum atomic E-state index is 12.6. The molecule has 0 saturated heterocycles. The SMILES string of the molecule is Cc1cccc(OCC(=O)Nc2ccc3c(c2)N(C)C(=O)C(C)(C)CO3)c1. The van der Waals surface area contributed by atoms with Crippen molar-refractivity contribution < 1.29 is 19.1 Å². The standard InChI is InChI=1S/C21H24N2O4/c1-14-6-5-7-16(10-14)26-12-19(24)22-15-8-9-18-17(11-15)23(4)20(25)21(2,3)13-27-18/h5-11H,12-13H2,1-4H3,(H,22,24). The predicted molar refractivity (Wildman–Crippen MR) is 104 cm³/mol. The van der Waals surface area contributed by atoms with Gasteiger partial charge in [-0.05, 0) is 56.7 Å². The lowest BCUT2D eigenvalue weighted by atomic mass is 9.93. The van der Waals surface area contributed by atoms with Crippen molar-refractivity contribution in [3.63, 3.8) is 0 Å². The van der Waals surface area contributed by atoms with E-state index in [1.807, 2.05) is 45.0 Å². The van der Waals surface area contributed by atoms with Crippen molar-refractivity contribution in [2.75, 3.05) is 30.5 Å². The number of amides is 2. The topological polar surface area (TPSA) is 67.9 Å². The summed E-state index contributed by atoms with van der Waals surface area (Å²) in [5.74, 6) is 0.950. The second-order valence-electron chi connectivity index (χ2n) is 7.37. The van der Waals surface area contributed by atoms with E-state index >= 15 is 0 Å². The van der Waals surface area contributed by atoms with Gasteiger partial charge in [0.2, 0.25) is 5.91 Å². The molecule has 2 aromatic rings. The fourth-order valence-corrected chi connectivity index (χ4v) is 2.91. The number of anilines is 2. The number of carbonyl (C=O) groups excluding carboxylic acids is 2. The van der Waals surface area contributed by atoms with E-state index in [-0.39, 0.29) is 18.4 Å². The molecule has 0 unspecified atom stereocenters. The van der Waals surface area contributed by atoms with Gasteiger partial charge >= 0.3 is 0 Å². The summed E-state index contributed by atoms with van der Waals surface area (Å²) in [6.07, 6.45) is 0. The molecule has 27 heavy (non-hydrogen) atoms. The average molecular weight is 368 g/mol. The van der Waals surface area contributed by atoms with Crippen LogP contribution in [0.25, 0.3) is 0 Å². The number of rotatable bonds is 4. The number of nitrogens with one attached hydrogen (secondary N) is 1. The van der Waals surface area contributed by atoms with Crippen LogP contribution in [0.15, 0.2) is 42.5 Å². The van der Waals surface area contributed by atoms with Crippen LogP contribution in [-0.4, -0.2) is 32.1 Å². The molecular formula is C21H24N2O4. The van der Waals surface area contributed by atoms with Crippen molar-refractivity contribution in [2.45, 2.75) is 20.8 Å². The van der Waals surface area contributed by atoms with Gasteiger partial charge in [-0.2, -0.15) is 0 Å². The molecule has 0 fully saturated rings. The molecule has 0 bridgehead atoms. The van der Waals surface area contributed by atoms with Crippen LogP contribution in [-0.2, 0) is 9.59 Å². The van der Waals surface area contributed by atoms with Crippen molar-refractivity contribution in [1.29, 1.82) is 0 Å². The number of hydrogen-bond donors (Lipinski definition) is 1. The minimum Gasteiger partial charge on any atom is -0.490 e. The lowest BCUT2D eigenvalue weighted by Crippen LogP contribution is -2.39. The number of fused-ring (bicyclic) bond motifs is 1. The lowest BCUT2D eigenvalue weighted by Gasteiger charge is -2.24. The van der Waals surface area contributed by atoms with Gasteiger partial charge in [-0.25, -0.2) is 0 Å². The van der Waals surface area contributed by atoms with Crippen LogP contribution in [0.2, 0.25) is 0 Å². The Hall–Kier alpha value is -3.02. The molecule has 1 aliphatic heterocycles. The number of benzene rings is 2. The normalized spacial score (nSPS) is 15.4. The minimum absolute atomic E-state index is 0.0347. The van der Waals surface area contributed by atoms with E-state index in [0.29, 0.717) is 29.5 Å². The Labute approximate surface area is 159 Å². The highest BCUT2D eigenvalue weighted by Crippen LogP contribution is 2.37. The van der Waals surface area contributed by atoms with Gasteiger partial charge in [0.05, 0.1) is 11.1 Å². The Kier molecular flexibility index (Phi) is 5.08. The van der Waals surface area contributed by atoms with E-state index in [1.165, 1.54) is 0 Å². The molecule has 0 spiro atoms. The summed E-state index contributed by atoms with van der Waals surface area (Å²) in [6.45, 7) is 5.87. The second kappa shape index (κ2) is 7.31. The fourth-order valence-electron chi connectivity index (χ4n) is 2.91. The van der Waals surface area contributed by atoms with Gasteiger partial charge in [0, 0.05) is 12.7 Å². The van der Waals surface area contributed by atoms with Gasteiger partial charge in [0.15, 0.2) is 6.61 Å². The first-order valence-electron chi connectivity index (χ1n) is 8.80. The summed E-state index contributed by atoms with van der Waals surface area (Å²) < 4.78 is 11.3. The first-order chi connectivity index (χ1) is 12.8. The number of aryl methyl sites for hydroxylation is 1. The van der Waals surface area contributed by atoms with Crippen molar-refractivity contribution in [1.82, 2.24) is 0 Å². The Morgan fingerprint density at radius 2 is 2.04 bits per heavy atom. The van der Waals surface area contributed by atoms with Gasteiger partial charge < -0.3 is 19.7 Å². The molecule has 0 radical (unpaired) electrons. The van der Waals surface area contributed by atoms with Gasteiger partial charge in [0.25, 0.3) is 5.91 Å². The average Bonchev–Trinajstić information content (AvgIpc) is 2.71. The Morgan fingerprint density at radius 3 is 2.78 bits per heavy atom. The zero-order chi connectivity index (χ0) is 19.6. The third kappa shape index (κ3) is 4.22. The highest BCUT2D eigenvalue weighted by molar-refractivity contribution is 6.00. The number of carbonyl (C=O) groups is 2. The Morgan fingerprint density at radius 1 is 1.26 bits per heavy atom. The highest BCUT2D eigenvalue weighted by atomic mass is 16.5. The molecular weight excluding hydrogens is 344 g/mol. The lowest BCUT2D eigenvalue weighted by molar-refractivity contribution is -0.127. The van der Waals surface area contributed by atoms with Crippen LogP contribution >= 0.6 is 0 Å². The maximum absolute atomic E-state index is 12.6. The molecule has 6 heteroatoms. The summed E-state index contributed by atoms with van der Waals surface area (Å²) in [7, 11) is 1.71. The van der Waals surface area contributed by atoms with E-state index in [0.717, 1.165) is 5.56 Å². The first kappa shape index (κ1) is 18.8. The summed E-state index contributed by atoms with van der Waals surface area (Å²) in [5, 5.41) is 2.80. The monoisotopic (exact) mass is 368 g/mol. The van der Waals surface area contributed by atoms with Gasteiger partial charge in [-0.1, -0.05) is 12.1 Å². The number of ether oxygens (including phenoxy) is 2. The quantitative estimate of drug-likeness (QED) is 0.898. The zero-order valence-electron chi connectivity index (χ0n) is 16.0. The third-order valence-electron chi connectivity index (χ3n) is 4.44. The maximum Gasteiger partial charge on any atom is 0.262 e. The van der Waals surface area contributed by atoms with Crippen LogP contribution in [0.1, 0.15) is 19.4 Å². The van der Waals surface area contributed by atoms with Crippen LogP contribution in [0.5, 0.6) is 11.5 Å².